The van der Waals surface area contributed by atoms with Crippen LogP contribution in [0.2, 0.25) is 0 Å². The number of aliphatic carboxylic acids is 2. The predicted molar refractivity (Wildman–Crippen MR) is 115 cm³/mol. The van der Waals surface area contributed by atoms with Gasteiger partial charge in [-0.25, -0.2) is 24.5 Å². The van der Waals surface area contributed by atoms with Crippen molar-refractivity contribution in [2.45, 2.75) is 12.4 Å². The van der Waals surface area contributed by atoms with Gasteiger partial charge in [0, 0.05) is 37.3 Å². The average Bonchev–Trinajstić information content (AvgIpc) is 3.41. The van der Waals surface area contributed by atoms with E-state index in [-0.39, 0.29) is 5.41 Å². The summed E-state index contributed by atoms with van der Waals surface area (Å²) in [5.41, 5.74) is -0.0320. The molecule has 210 valence electrons. The van der Waals surface area contributed by atoms with Gasteiger partial charge in [0.2, 0.25) is 11.8 Å². The summed E-state index contributed by atoms with van der Waals surface area (Å²) in [7, 11) is 1.61. The minimum atomic E-state index is -5.08. The molecule has 0 aromatic carbocycles. The second kappa shape index (κ2) is 12.6. The van der Waals surface area contributed by atoms with Crippen molar-refractivity contribution in [3.05, 3.63) is 36.8 Å². The quantitative estimate of drug-likeness (QED) is 0.525. The van der Waals surface area contributed by atoms with Crippen LogP contribution < -0.4 is 14.4 Å². The highest BCUT2D eigenvalue weighted by molar-refractivity contribution is 5.73. The molecule has 0 amide bonds. The lowest BCUT2D eigenvalue weighted by Crippen LogP contribution is -2.37. The van der Waals surface area contributed by atoms with Gasteiger partial charge in [-0.05, 0) is 6.07 Å². The molecule has 2 aliphatic heterocycles. The topological polar surface area (TPSA) is 144 Å². The minimum Gasteiger partial charge on any atom is -0.481 e. The van der Waals surface area contributed by atoms with Crippen molar-refractivity contribution in [3.8, 4) is 11.8 Å². The number of anilines is 1. The number of fused-ring (bicyclic) bond motifs is 1. The molecule has 2 aromatic rings. The molecule has 2 fully saturated rings. The molecule has 2 N–H and O–H groups in total. The van der Waals surface area contributed by atoms with Crippen molar-refractivity contribution in [3.63, 3.8) is 0 Å². The molecule has 2 aromatic heterocycles. The lowest BCUT2D eigenvalue weighted by molar-refractivity contribution is -0.193. The molecule has 11 nitrogen and oxygen atoms in total. The molecule has 2 aliphatic rings. The predicted octanol–water partition coefficient (Wildman–Crippen LogP) is 2.68. The Morgan fingerprint density at radius 2 is 1.71 bits per heavy atom. The Morgan fingerprint density at radius 1 is 1.08 bits per heavy atom. The number of ether oxygens (including phenoxy) is 3. The third-order valence-electron chi connectivity index (χ3n) is 5.31. The first-order valence-corrected chi connectivity index (χ1v) is 10.5. The zero-order chi connectivity index (χ0) is 28.6. The van der Waals surface area contributed by atoms with E-state index in [2.05, 4.69) is 19.9 Å². The van der Waals surface area contributed by atoms with Gasteiger partial charge in [-0.1, -0.05) is 6.07 Å². The van der Waals surface area contributed by atoms with Crippen LogP contribution in [0, 0.1) is 11.3 Å². The summed E-state index contributed by atoms with van der Waals surface area (Å²) in [5.74, 6) is -2.98. The van der Waals surface area contributed by atoms with E-state index in [1.165, 1.54) is 6.33 Å². The van der Waals surface area contributed by atoms with Gasteiger partial charge < -0.3 is 29.3 Å². The second-order valence-electron chi connectivity index (χ2n) is 7.94. The van der Waals surface area contributed by atoms with Crippen LogP contribution in [-0.2, 0) is 14.3 Å². The number of hydrogen-bond acceptors (Lipinski definition) is 9. The number of carbonyl (C=O) groups is 2. The van der Waals surface area contributed by atoms with Crippen molar-refractivity contribution < 1.29 is 60.4 Å². The van der Waals surface area contributed by atoms with Crippen molar-refractivity contribution in [2.24, 2.45) is 11.3 Å². The van der Waals surface area contributed by atoms with Crippen molar-refractivity contribution in [1.29, 1.82) is 0 Å². The van der Waals surface area contributed by atoms with Gasteiger partial charge in [-0.15, -0.1) is 0 Å². The van der Waals surface area contributed by atoms with Crippen LogP contribution in [-0.4, -0.2) is 89.5 Å². The SMILES string of the molecule is COc1cc(N2C[C@@H]3COC[C@]3(COc3ccccn3)C2)ncn1.O=C(O)C(F)(F)F.O=C(O)C(F)(F)F. The van der Waals surface area contributed by atoms with E-state index in [0.717, 1.165) is 25.5 Å². The molecule has 0 unspecified atom stereocenters. The molecule has 38 heavy (non-hydrogen) atoms. The minimum absolute atomic E-state index is 0.0320. The van der Waals surface area contributed by atoms with Gasteiger partial charge in [0.05, 0.1) is 32.3 Å². The van der Waals surface area contributed by atoms with Crippen LogP contribution in [0.3, 0.4) is 0 Å². The van der Waals surface area contributed by atoms with Crippen LogP contribution in [0.25, 0.3) is 0 Å². The van der Waals surface area contributed by atoms with Gasteiger partial charge in [-0.3, -0.25) is 0 Å². The Bertz CT molecular complexity index is 1050. The molecule has 0 aliphatic carbocycles. The van der Waals surface area contributed by atoms with E-state index in [4.69, 9.17) is 34.0 Å². The average molecular weight is 556 g/mol. The number of carboxylic acid groups (broad SMARTS) is 2. The zero-order valence-electron chi connectivity index (χ0n) is 19.6. The van der Waals surface area contributed by atoms with Gasteiger partial charge in [-0.2, -0.15) is 26.3 Å². The fourth-order valence-electron chi connectivity index (χ4n) is 3.48. The van der Waals surface area contributed by atoms with Crippen LogP contribution in [0.5, 0.6) is 11.8 Å². The van der Waals surface area contributed by atoms with E-state index in [9.17, 15) is 26.3 Å². The number of rotatable bonds is 5. The normalized spacial score (nSPS) is 20.3. The molecule has 0 saturated carbocycles. The lowest BCUT2D eigenvalue weighted by atomic mass is 9.82. The Morgan fingerprint density at radius 3 is 2.24 bits per heavy atom. The van der Waals surface area contributed by atoms with Crippen LogP contribution in [0.4, 0.5) is 32.2 Å². The smallest absolute Gasteiger partial charge is 0.481 e. The summed E-state index contributed by atoms with van der Waals surface area (Å²) in [4.78, 5) is 32.8. The second-order valence-corrected chi connectivity index (χ2v) is 7.94. The number of pyridine rings is 1. The van der Waals surface area contributed by atoms with Crippen molar-refractivity contribution in [1.82, 2.24) is 15.0 Å². The summed E-state index contributed by atoms with van der Waals surface area (Å²) in [6.07, 6.45) is -6.89. The number of nitrogens with zero attached hydrogens (tertiary/aromatic N) is 4. The standard InChI is InChI=1S/C17H20N4O3.2C2HF3O2/c1-22-16-6-14(19-12-20-16)21-7-13-8-23-10-17(13,9-21)11-24-15-4-2-3-5-18-15;2*3-2(4,5)1(6)7/h2-6,12-13H,7-11H2,1H3;2*(H,6,7)/t13-,17+;;/m1../s1. The number of carboxylic acids is 2. The fraction of sp³-hybridized carbons (Fsp3) is 0.476. The highest BCUT2D eigenvalue weighted by Crippen LogP contribution is 2.43. The van der Waals surface area contributed by atoms with Gasteiger partial charge >= 0.3 is 24.3 Å². The molecule has 4 rings (SSSR count). The van der Waals surface area contributed by atoms with E-state index in [1.54, 1.807) is 13.3 Å². The lowest BCUT2D eigenvalue weighted by Gasteiger charge is -2.27. The fourth-order valence-corrected chi connectivity index (χ4v) is 3.48. The molecule has 0 radical (unpaired) electrons. The van der Waals surface area contributed by atoms with Crippen LogP contribution >= 0.6 is 0 Å². The van der Waals surface area contributed by atoms with Crippen molar-refractivity contribution >= 4 is 17.8 Å². The largest absolute Gasteiger partial charge is 0.490 e. The van der Waals surface area contributed by atoms with E-state index in [1.807, 2.05) is 24.3 Å². The molecule has 0 spiro atoms. The molecule has 17 heteroatoms. The number of methoxy groups -OCH3 is 1. The third kappa shape index (κ3) is 8.60. The number of hydrogen-bond donors (Lipinski definition) is 2. The Balaban J connectivity index is 0.000000301. The maximum atomic E-state index is 10.6. The molecule has 0 bridgehead atoms. The maximum Gasteiger partial charge on any atom is 0.490 e. The summed E-state index contributed by atoms with van der Waals surface area (Å²) >= 11 is 0. The first-order chi connectivity index (χ1) is 17.7. The monoisotopic (exact) mass is 556 g/mol. The number of aromatic nitrogens is 3. The number of halogens is 6. The summed E-state index contributed by atoms with van der Waals surface area (Å²) < 4.78 is 80.4. The zero-order valence-corrected chi connectivity index (χ0v) is 19.6. The van der Waals surface area contributed by atoms with E-state index in [0.29, 0.717) is 30.9 Å². The first-order valence-electron chi connectivity index (χ1n) is 10.5. The number of alkyl halides is 6. The first kappa shape index (κ1) is 30.3. The molecule has 4 heterocycles. The van der Waals surface area contributed by atoms with E-state index >= 15 is 0 Å². The Labute approximate surface area is 211 Å². The van der Waals surface area contributed by atoms with Crippen molar-refractivity contribution in [2.75, 3.05) is 44.9 Å². The highest BCUT2D eigenvalue weighted by Gasteiger charge is 2.52. The Hall–Kier alpha value is -3.89. The summed E-state index contributed by atoms with van der Waals surface area (Å²) in [6.45, 7) is 3.78. The van der Waals surface area contributed by atoms with E-state index < -0.39 is 24.3 Å². The maximum absolute atomic E-state index is 10.6. The summed E-state index contributed by atoms with van der Waals surface area (Å²) in [6, 6.07) is 7.56. The molecule has 2 atom stereocenters. The Kier molecular flexibility index (Phi) is 10.0. The van der Waals surface area contributed by atoms with Gasteiger partial charge in [0.15, 0.2) is 0 Å². The van der Waals surface area contributed by atoms with Gasteiger partial charge in [0.1, 0.15) is 12.1 Å². The summed E-state index contributed by atoms with van der Waals surface area (Å²) in [5, 5.41) is 14.2. The van der Waals surface area contributed by atoms with Crippen LogP contribution in [0.1, 0.15) is 0 Å². The highest BCUT2D eigenvalue weighted by atomic mass is 19.4. The molecular weight excluding hydrogens is 534 g/mol. The third-order valence-corrected chi connectivity index (χ3v) is 5.31. The van der Waals surface area contributed by atoms with Crippen LogP contribution in [0.15, 0.2) is 36.8 Å². The van der Waals surface area contributed by atoms with Gasteiger partial charge in [0.25, 0.3) is 0 Å². The molecular formula is C21H22F6N4O7. The molecule has 2 saturated heterocycles.